The molecule has 0 spiro atoms. The molecule has 2 nitrogen and oxygen atoms in total. The summed E-state index contributed by atoms with van der Waals surface area (Å²) < 4.78 is 0. The van der Waals surface area contributed by atoms with Gasteiger partial charge in [0.1, 0.15) is 0 Å². The molecule has 84 valence electrons. The zero-order valence-electron chi connectivity index (χ0n) is 9.00. The highest BCUT2D eigenvalue weighted by atomic mass is 79.9. The summed E-state index contributed by atoms with van der Waals surface area (Å²) in [5.41, 5.74) is 0. The van der Waals surface area contributed by atoms with Gasteiger partial charge in [-0.15, -0.1) is 17.0 Å². The van der Waals surface area contributed by atoms with Gasteiger partial charge >= 0.3 is 0 Å². The summed E-state index contributed by atoms with van der Waals surface area (Å²) in [6.45, 7) is 6.33. The van der Waals surface area contributed by atoms with E-state index in [1.807, 2.05) is 0 Å². The first kappa shape index (κ1) is 12.5. The lowest BCUT2D eigenvalue weighted by molar-refractivity contribution is 0.182. The predicted molar refractivity (Wildman–Crippen MR) is 66.2 cm³/mol. The number of rotatable bonds is 2. The van der Waals surface area contributed by atoms with Gasteiger partial charge in [0.2, 0.25) is 0 Å². The zero-order chi connectivity index (χ0) is 8.93. The number of nitrogens with zero attached hydrogens (tertiary/aromatic N) is 1. The maximum Gasteiger partial charge on any atom is 0.0107 e. The highest BCUT2D eigenvalue weighted by molar-refractivity contribution is 8.93. The smallest absolute Gasteiger partial charge is 0.0107 e. The Balaban J connectivity index is 0.000000980. The van der Waals surface area contributed by atoms with Crippen molar-refractivity contribution in [1.82, 2.24) is 10.2 Å². The lowest BCUT2D eigenvalue weighted by atomic mass is 9.89. The van der Waals surface area contributed by atoms with Crippen molar-refractivity contribution in [2.75, 3.05) is 32.7 Å². The molecular formula is C11H23BrN2. The summed E-state index contributed by atoms with van der Waals surface area (Å²) in [6.07, 6.45) is 7.43. The van der Waals surface area contributed by atoms with E-state index in [0.29, 0.717) is 0 Å². The Morgan fingerprint density at radius 3 is 2.29 bits per heavy atom. The quantitative estimate of drug-likeness (QED) is 0.820. The standard InChI is InChI=1S/C11H22N2.BrH/c1-2-4-11(5-3-1)10-13-8-6-12-7-9-13;/h11-12H,1-10H2;1H. The van der Waals surface area contributed by atoms with Crippen LogP contribution in [0.25, 0.3) is 0 Å². The van der Waals surface area contributed by atoms with Crippen LogP contribution in [0.5, 0.6) is 0 Å². The summed E-state index contributed by atoms with van der Waals surface area (Å²) in [7, 11) is 0. The van der Waals surface area contributed by atoms with Crippen molar-refractivity contribution < 1.29 is 0 Å². The van der Waals surface area contributed by atoms with Crippen LogP contribution in [0.2, 0.25) is 0 Å². The van der Waals surface area contributed by atoms with Gasteiger partial charge < -0.3 is 10.2 Å². The van der Waals surface area contributed by atoms with Crippen LogP contribution in [-0.4, -0.2) is 37.6 Å². The van der Waals surface area contributed by atoms with Crippen molar-refractivity contribution in [1.29, 1.82) is 0 Å². The number of piperazine rings is 1. The van der Waals surface area contributed by atoms with Gasteiger partial charge in [0.15, 0.2) is 0 Å². The van der Waals surface area contributed by atoms with Crippen LogP contribution in [-0.2, 0) is 0 Å². The average Bonchev–Trinajstić information content (AvgIpc) is 2.21. The van der Waals surface area contributed by atoms with Crippen molar-refractivity contribution in [3.8, 4) is 0 Å². The second-order valence-corrected chi connectivity index (χ2v) is 4.55. The summed E-state index contributed by atoms with van der Waals surface area (Å²) in [6, 6.07) is 0. The first-order chi connectivity index (χ1) is 6.45. The Labute approximate surface area is 98.2 Å². The van der Waals surface area contributed by atoms with Gasteiger partial charge in [-0.25, -0.2) is 0 Å². The first-order valence-electron chi connectivity index (χ1n) is 5.88. The minimum Gasteiger partial charge on any atom is -0.314 e. The van der Waals surface area contributed by atoms with E-state index >= 15 is 0 Å². The molecule has 2 fully saturated rings. The van der Waals surface area contributed by atoms with Crippen LogP contribution >= 0.6 is 17.0 Å². The predicted octanol–water partition coefficient (Wildman–Crippen LogP) is 2.05. The molecule has 2 rings (SSSR count). The molecule has 0 radical (unpaired) electrons. The molecule has 1 aliphatic heterocycles. The Morgan fingerprint density at radius 1 is 1.00 bits per heavy atom. The molecule has 3 heteroatoms. The summed E-state index contributed by atoms with van der Waals surface area (Å²) >= 11 is 0. The Morgan fingerprint density at radius 2 is 1.64 bits per heavy atom. The van der Waals surface area contributed by atoms with Crippen molar-refractivity contribution in [3.63, 3.8) is 0 Å². The van der Waals surface area contributed by atoms with E-state index in [1.54, 1.807) is 0 Å². The Hall–Kier alpha value is 0.400. The van der Waals surface area contributed by atoms with E-state index in [4.69, 9.17) is 0 Å². The maximum atomic E-state index is 3.41. The average molecular weight is 263 g/mol. The molecule has 0 atom stereocenters. The fourth-order valence-electron chi connectivity index (χ4n) is 2.63. The van der Waals surface area contributed by atoms with E-state index in [2.05, 4.69) is 10.2 Å². The van der Waals surface area contributed by atoms with Crippen molar-refractivity contribution in [3.05, 3.63) is 0 Å². The van der Waals surface area contributed by atoms with Gasteiger partial charge in [0.25, 0.3) is 0 Å². The number of halogens is 1. The van der Waals surface area contributed by atoms with Crippen molar-refractivity contribution in [2.24, 2.45) is 5.92 Å². The van der Waals surface area contributed by atoms with Crippen molar-refractivity contribution in [2.45, 2.75) is 32.1 Å². The first-order valence-corrected chi connectivity index (χ1v) is 5.88. The molecule has 1 N–H and O–H groups in total. The van der Waals surface area contributed by atoms with Gasteiger partial charge in [-0.2, -0.15) is 0 Å². The SMILES string of the molecule is Br.C1CCC(CN2CCNCC2)CC1. The molecule has 0 aromatic carbocycles. The lowest BCUT2D eigenvalue weighted by Gasteiger charge is -2.32. The lowest BCUT2D eigenvalue weighted by Crippen LogP contribution is -2.45. The molecule has 14 heavy (non-hydrogen) atoms. The molecule has 0 amide bonds. The second-order valence-electron chi connectivity index (χ2n) is 4.55. The van der Waals surface area contributed by atoms with Crippen LogP contribution in [0.1, 0.15) is 32.1 Å². The molecule has 2 aliphatic rings. The molecule has 0 aromatic rings. The van der Waals surface area contributed by atoms with Gasteiger partial charge in [-0.3, -0.25) is 0 Å². The zero-order valence-corrected chi connectivity index (χ0v) is 10.7. The van der Waals surface area contributed by atoms with Crippen LogP contribution < -0.4 is 5.32 Å². The Bertz CT molecular complexity index is 124. The van der Waals surface area contributed by atoms with Crippen LogP contribution in [0.3, 0.4) is 0 Å². The minimum atomic E-state index is 0. The highest BCUT2D eigenvalue weighted by Crippen LogP contribution is 2.24. The fraction of sp³-hybridized carbons (Fsp3) is 1.00. The third-order valence-electron chi connectivity index (χ3n) is 3.45. The molecule has 1 heterocycles. The van der Waals surface area contributed by atoms with Gasteiger partial charge in [0, 0.05) is 32.7 Å². The van der Waals surface area contributed by atoms with E-state index in [-0.39, 0.29) is 17.0 Å². The normalized spacial score (nSPS) is 25.7. The third-order valence-corrected chi connectivity index (χ3v) is 3.45. The minimum absolute atomic E-state index is 0. The number of hydrogen-bond donors (Lipinski definition) is 1. The largest absolute Gasteiger partial charge is 0.314 e. The third kappa shape index (κ3) is 3.87. The molecule has 1 saturated heterocycles. The molecule has 1 saturated carbocycles. The summed E-state index contributed by atoms with van der Waals surface area (Å²) in [4.78, 5) is 2.65. The van der Waals surface area contributed by atoms with Crippen molar-refractivity contribution >= 4 is 17.0 Å². The van der Waals surface area contributed by atoms with Gasteiger partial charge in [0.05, 0.1) is 0 Å². The van der Waals surface area contributed by atoms with E-state index < -0.39 is 0 Å². The van der Waals surface area contributed by atoms with Gasteiger partial charge in [-0.1, -0.05) is 19.3 Å². The molecule has 1 aliphatic carbocycles. The van der Waals surface area contributed by atoms with Crippen LogP contribution in [0.4, 0.5) is 0 Å². The van der Waals surface area contributed by atoms with Crippen LogP contribution in [0, 0.1) is 5.92 Å². The highest BCUT2D eigenvalue weighted by Gasteiger charge is 2.17. The molecular weight excluding hydrogens is 240 g/mol. The summed E-state index contributed by atoms with van der Waals surface area (Å²) in [5.74, 6) is 1.02. The fourth-order valence-corrected chi connectivity index (χ4v) is 2.63. The summed E-state index contributed by atoms with van der Waals surface area (Å²) in [5, 5.41) is 3.41. The molecule has 0 unspecified atom stereocenters. The Kier molecular flexibility index (Phi) is 6.06. The topological polar surface area (TPSA) is 15.3 Å². The number of nitrogens with one attached hydrogen (secondary N) is 1. The van der Waals surface area contributed by atoms with Gasteiger partial charge in [-0.05, 0) is 18.8 Å². The maximum absolute atomic E-state index is 3.41. The number of hydrogen-bond acceptors (Lipinski definition) is 2. The van der Waals surface area contributed by atoms with E-state index in [0.717, 1.165) is 5.92 Å². The second kappa shape index (κ2) is 6.81. The molecule has 0 bridgehead atoms. The molecule has 0 aromatic heterocycles. The van der Waals surface area contributed by atoms with Crippen LogP contribution in [0.15, 0.2) is 0 Å². The van der Waals surface area contributed by atoms with E-state index in [9.17, 15) is 0 Å². The monoisotopic (exact) mass is 262 g/mol. The van der Waals surface area contributed by atoms with E-state index in [1.165, 1.54) is 64.8 Å².